The highest BCUT2D eigenvalue weighted by Gasteiger charge is 2.16. The normalized spacial score (nSPS) is 12.3. The summed E-state index contributed by atoms with van der Waals surface area (Å²) in [5.41, 5.74) is 1.11. The Morgan fingerprint density at radius 3 is 2.94 bits per heavy atom. The van der Waals surface area contributed by atoms with Gasteiger partial charge >= 0.3 is 0 Å². The van der Waals surface area contributed by atoms with Gasteiger partial charge in [-0.3, -0.25) is 0 Å². The van der Waals surface area contributed by atoms with E-state index in [0.717, 1.165) is 37.9 Å². The lowest BCUT2D eigenvalue weighted by Gasteiger charge is -2.16. The second kappa shape index (κ2) is 7.37. The van der Waals surface area contributed by atoms with Gasteiger partial charge in [-0.05, 0) is 37.3 Å². The van der Waals surface area contributed by atoms with E-state index in [-0.39, 0.29) is 0 Å². The first-order valence-corrected chi connectivity index (χ1v) is 6.58. The van der Waals surface area contributed by atoms with Crippen molar-refractivity contribution in [3.05, 3.63) is 10.6 Å². The van der Waals surface area contributed by atoms with Crippen molar-refractivity contribution in [2.45, 2.75) is 45.6 Å². The van der Waals surface area contributed by atoms with Gasteiger partial charge in [0.15, 0.2) is 0 Å². The number of hydrogen-bond acceptors (Lipinski definition) is 4. The van der Waals surface area contributed by atoms with Crippen molar-refractivity contribution in [3.63, 3.8) is 0 Å². The predicted molar refractivity (Wildman–Crippen MR) is 68.4 cm³/mol. The van der Waals surface area contributed by atoms with Gasteiger partial charge in [-0.15, -0.1) is 17.4 Å². The molecule has 0 aromatic carbocycles. The first-order valence-electron chi connectivity index (χ1n) is 5.81. The van der Waals surface area contributed by atoms with Crippen LogP contribution in [0.5, 0.6) is 0 Å². The lowest BCUT2D eigenvalue weighted by atomic mass is 10.1. The molecule has 1 rings (SSSR count). The molecule has 16 heavy (non-hydrogen) atoms. The van der Waals surface area contributed by atoms with Gasteiger partial charge in [0.25, 0.3) is 0 Å². The third-order valence-corrected chi connectivity index (χ3v) is 3.33. The molecule has 1 unspecified atom stereocenters. The Labute approximate surface area is 102 Å². The minimum Gasteiger partial charge on any atom is -0.309 e. The number of nitrogens with one attached hydrogen (secondary N) is 1. The van der Waals surface area contributed by atoms with Crippen molar-refractivity contribution < 1.29 is 0 Å². The molecule has 1 heterocycles. The van der Waals surface area contributed by atoms with Crippen LogP contribution in [-0.2, 0) is 6.42 Å². The Hall–Kier alpha value is -0.920. The largest absolute Gasteiger partial charge is 0.309 e. The van der Waals surface area contributed by atoms with Crippen LogP contribution in [0.15, 0.2) is 0 Å². The molecule has 1 aromatic heterocycles. The second-order valence-corrected chi connectivity index (χ2v) is 4.47. The molecule has 0 aliphatic heterocycles. The number of aromatic nitrogens is 2. The molecule has 0 aliphatic carbocycles. The fourth-order valence-electron chi connectivity index (χ4n) is 1.60. The standard InChI is InChI=1S/C12H19N3S/c1-4-7-8-11(13-9-5-2)12-10(6-3)14-15-16-12/h1,11,13H,5-9H2,2-3H3. The van der Waals surface area contributed by atoms with Crippen LogP contribution >= 0.6 is 11.5 Å². The highest BCUT2D eigenvalue weighted by molar-refractivity contribution is 7.05. The van der Waals surface area contributed by atoms with E-state index in [1.807, 2.05) is 0 Å². The van der Waals surface area contributed by atoms with Gasteiger partial charge < -0.3 is 5.32 Å². The lowest BCUT2D eigenvalue weighted by Crippen LogP contribution is -2.22. The Balaban J connectivity index is 2.70. The number of hydrogen-bond donors (Lipinski definition) is 1. The Morgan fingerprint density at radius 2 is 2.31 bits per heavy atom. The molecule has 0 aliphatic rings. The summed E-state index contributed by atoms with van der Waals surface area (Å²) in [6.07, 6.45) is 9.15. The molecule has 1 aromatic rings. The molecular formula is C12H19N3S. The number of aryl methyl sites for hydroxylation is 1. The smallest absolute Gasteiger partial charge is 0.0800 e. The summed E-state index contributed by atoms with van der Waals surface area (Å²) in [5.74, 6) is 2.70. The molecule has 1 N–H and O–H groups in total. The van der Waals surface area contributed by atoms with E-state index >= 15 is 0 Å². The van der Waals surface area contributed by atoms with Gasteiger partial charge in [0.05, 0.1) is 10.6 Å². The number of nitrogens with zero attached hydrogens (tertiary/aromatic N) is 2. The van der Waals surface area contributed by atoms with Crippen molar-refractivity contribution in [2.24, 2.45) is 0 Å². The lowest BCUT2D eigenvalue weighted by molar-refractivity contribution is 0.508. The molecule has 4 heteroatoms. The van der Waals surface area contributed by atoms with Crippen LogP contribution in [0.2, 0.25) is 0 Å². The summed E-state index contributed by atoms with van der Waals surface area (Å²) < 4.78 is 4.03. The van der Waals surface area contributed by atoms with E-state index in [2.05, 4.69) is 34.7 Å². The molecule has 1 atom stereocenters. The maximum atomic E-state index is 5.32. The monoisotopic (exact) mass is 237 g/mol. The fraction of sp³-hybridized carbons (Fsp3) is 0.667. The zero-order chi connectivity index (χ0) is 11.8. The van der Waals surface area contributed by atoms with Gasteiger partial charge in [-0.2, -0.15) is 0 Å². The molecule has 0 saturated carbocycles. The summed E-state index contributed by atoms with van der Waals surface area (Å²) in [6.45, 7) is 5.28. The third kappa shape index (κ3) is 3.58. The van der Waals surface area contributed by atoms with Crippen LogP contribution in [0.4, 0.5) is 0 Å². The Kier molecular flexibility index (Phi) is 6.05. The summed E-state index contributed by atoms with van der Waals surface area (Å²) in [6, 6.07) is 0.325. The van der Waals surface area contributed by atoms with Crippen LogP contribution in [0, 0.1) is 12.3 Å². The van der Waals surface area contributed by atoms with E-state index in [0.29, 0.717) is 6.04 Å². The molecule has 0 amide bonds. The van der Waals surface area contributed by atoms with Crippen LogP contribution in [0.3, 0.4) is 0 Å². The summed E-state index contributed by atoms with van der Waals surface area (Å²) >= 11 is 1.49. The molecular weight excluding hydrogens is 218 g/mol. The maximum absolute atomic E-state index is 5.32. The number of rotatable bonds is 7. The van der Waals surface area contributed by atoms with Crippen LogP contribution in [0.1, 0.15) is 49.7 Å². The van der Waals surface area contributed by atoms with Crippen molar-refractivity contribution >= 4 is 11.5 Å². The molecule has 88 valence electrons. The average Bonchev–Trinajstić information content (AvgIpc) is 2.77. The molecule has 0 saturated heterocycles. The van der Waals surface area contributed by atoms with Crippen molar-refractivity contribution in [1.29, 1.82) is 0 Å². The molecule has 0 spiro atoms. The van der Waals surface area contributed by atoms with E-state index in [1.54, 1.807) is 0 Å². The minimum atomic E-state index is 0.325. The summed E-state index contributed by atoms with van der Waals surface area (Å²) in [4.78, 5) is 1.26. The predicted octanol–water partition coefficient (Wildman–Crippen LogP) is 2.55. The highest BCUT2D eigenvalue weighted by atomic mass is 32.1. The first kappa shape index (κ1) is 13.1. The van der Waals surface area contributed by atoms with Crippen molar-refractivity contribution in [1.82, 2.24) is 14.9 Å². The van der Waals surface area contributed by atoms with Gasteiger partial charge in [0.2, 0.25) is 0 Å². The van der Waals surface area contributed by atoms with Crippen LogP contribution in [0.25, 0.3) is 0 Å². The maximum Gasteiger partial charge on any atom is 0.0800 e. The van der Waals surface area contributed by atoms with Crippen molar-refractivity contribution in [2.75, 3.05) is 6.54 Å². The third-order valence-electron chi connectivity index (χ3n) is 2.45. The fourth-order valence-corrected chi connectivity index (χ4v) is 2.44. The molecule has 0 radical (unpaired) electrons. The number of terminal acetylenes is 1. The second-order valence-electron chi connectivity index (χ2n) is 3.69. The minimum absolute atomic E-state index is 0.325. The van der Waals surface area contributed by atoms with Crippen LogP contribution < -0.4 is 5.32 Å². The van der Waals surface area contributed by atoms with E-state index in [1.165, 1.54) is 16.4 Å². The first-order chi connectivity index (χ1) is 7.83. The quantitative estimate of drug-likeness (QED) is 0.741. The summed E-state index contributed by atoms with van der Waals surface area (Å²) in [5, 5.41) is 7.66. The highest BCUT2D eigenvalue weighted by Crippen LogP contribution is 2.24. The Morgan fingerprint density at radius 1 is 1.50 bits per heavy atom. The molecule has 3 nitrogen and oxygen atoms in total. The van der Waals surface area contributed by atoms with Crippen molar-refractivity contribution in [3.8, 4) is 12.3 Å². The van der Waals surface area contributed by atoms with Gasteiger partial charge in [-0.25, -0.2) is 0 Å². The Bertz CT molecular complexity index is 340. The summed E-state index contributed by atoms with van der Waals surface area (Å²) in [7, 11) is 0. The van der Waals surface area contributed by atoms with Gasteiger partial charge in [0.1, 0.15) is 0 Å². The van der Waals surface area contributed by atoms with Gasteiger partial charge in [0, 0.05) is 12.5 Å². The molecule has 0 fully saturated rings. The topological polar surface area (TPSA) is 37.8 Å². The van der Waals surface area contributed by atoms with E-state index in [4.69, 9.17) is 6.42 Å². The van der Waals surface area contributed by atoms with E-state index in [9.17, 15) is 0 Å². The molecule has 0 bridgehead atoms. The average molecular weight is 237 g/mol. The van der Waals surface area contributed by atoms with E-state index < -0.39 is 0 Å². The van der Waals surface area contributed by atoms with Gasteiger partial charge in [-0.1, -0.05) is 18.3 Å². The SMILES string of the molecule is C#CCCC(NCCC)c1snnc1CC. The van der Waals surface area contributed by atoms with Crippen LogP contribution in [-0.4, -0.2) is 16.1 Å². The zero-order valence-corrected chi connectivity index (χ0v) is 10.8. The zero-order valence-electron chi connectivity index (χ0n) is 9.99.